The van der Waals surface area contributed by atoms with Gasteiger partial charge in [0.25, 0.3) is 0 Å². The maximum Gasteiger partial charge on any atom is 0.230 e. The molecule has 1 N–H and O–H groups in total. The van der Waals surface area contributed by atoms with E-state index in [0.717, 1.165) is 5.56 Å². The standard InChI is InChI=1S/C16H13Cl2FN4OS/c1-9(10-2-4-12(19)5-3-10)20-14(24)8-25-16-22-21-15-13(18)6-11(17)7-23(15)16/h2-7,9H,8H2,1H3,(H,20,24). The van der Waals surface area contributed by atoms with Crippen molar-refractivity contribution in [2.75, 3.05) is 5.75 Å². The van der Waals surface area contributed by atoms with Gasteiger partial charge in [0.05, 0.1) is 21.8 Å². The van der Waals surface area contributed by atoms with Crippen molar-refractivity contribution in [3.05, 3.63) is 58.0 Å². The first-order chi connectivity index (χ1) is 11.9. The molecule has 0 aliphatic heterocycles. The van der Waals surface area contributed by atoms with Crippen LogP contribution in [0.25, 0.3) is 5.65 Å². The Hall–Kier alpha value is -1.83. The van der Waals surface area contributed by atoms with E-state index in [1.165, 1.54) is 23.9 Å². The van der Waals surface area contributed by atoms with Crippen molar-refractivity contribution in [2.45, 2.75) is 18.1 Å². The topological polar surface area (TPSA) is 59.3 Å². The third-order valence-corrected chi connectivity index (χ3v) is 4.90. The summed E-state index contributed by atoms with van der Waals surface area (Å²) in [6, 6.07) is 7.36. The molecule has 0 aliphatic carbocycles. The molecule has 1 atom stereocenters. The van der Waals surface area contributed by atoms with Crippen molar-refractivity contribution in [2.24, 2.45) is 0 Å². The van der Waals surface area contributed by atoms with Gasteiger partial charge in [-0.3, -0.25) is 9.20 Å². The first kappa shape index (κ1) is 18.0. The molecular weight excluding hydrogens is 386 g/mol. The number of fused-ring (bicyclic) bond motifs is 1. The highest BCUT2D eigenvalue weighted by Gasteiger charge is 2.14. The van der Waals surface area contributed by atoms with Gasteiger partial charge in [-0.15, -0.1) is 10.2 Å². The minimum absolute atomic E-state index is 0.149. The summed E-state index contributed by atoms with van der Waals surface area (Å²) in [4.78, 5) is 12.1. The molecule has 0 radical (unpaired) electrons. The zero-order valence-corrected chi connectivity index (χ0v) is 15.4. The van der Waals surface area contributed by atoms with Gasteiger partial charge in [0.15, 0.2) is 10.8 Å². The molecule has 3 aromatic rings. The maximum atomic E-state index is 13.0. The smallest absolute Gasteiger partial charge is 0.230 e. The second-order valence-corrected chi connectivity index (χ2v) is 7.10. The van der Waals surface area contributed by atoms with Crippen LogP contribution >= 0.6 is 35.0 Å². The van der Waals surface area contributed by atoms with Crippen molar-refractivity contribution >= 4 is 46.5 Å². The first-order valence-electron chi connectivity index (χ1n) is 7.31. The Morgan fingerprint density at radius 3 is 2.76 bits per heavy atom. The molecule has 0 aliphatic rings. The number of thioether (sulfide) groups is 1. The predicted octanol–water partition coefficient (Wildman–Crippen LogP) is 4.14. The number of benzene rings is 1. The predicted molar refractivity (Wildman–Crippen MR) is 96.7 cm³/mol. The van der Waals surface area contributed by atoms with E-state index in [4.69, 9.17) is 23.2 Å². The number of aromatic nitrogens is 3. The SMILES string of the molecule is CC(NC(=O)CSc1nnc2c(Cl)cc(Cl)cn12)c1ccc(F)cc1. The van der Waals surface area contributed by atoms with E-state index in [9.17, 15) is 9.18 Å². The molecule has 3 rings (SSSR count). The van der Waals surface area contributed by atoms with Gasteiger partial charge in [-0.05, 0) is 30.7 Å². The summed E-state index contributed by atoms with van der Waals surface area (Å²) < 4.78 is 14.6. The summed E-state index contributed by atoms with van der Waals surface area (Å²) >= 11 is 13.3. The van der Waals surface area contributed by atoms with Crippen LogP contribution in [0.1, 0.15) is 18.5 Å². The van der Waals surface area contributed by atoms with E-state index in [1.807, 2.05) is 6.92 Å². The molecular formula is C16H13Cl2FN4OS. The fourth-order valence-electron chi connectivity index (χ4n) is 2.25. The molecule has 1 unspecified atom stereocenters. The van der Waals surface area contributed by atoms with Gasteiger partial charge in [-0.1, -0.05) is 47.1 Å². The van der Waals surface area contributed by atoms with E-state index in [1.54, 1.807) is 28.8 Å². The largest absolute Gasteiger partial charge is 0.349 e. The summed E-state index contributed by atoms with van der Waals surface area (Å²) in [6.45, 7) is 1.84. The number of pyridine rings is 1. The molecule has 2 heterocycles. The highest BCUT2D eigenvalue weighted by molar-refractivity contribution is 7.99. The third-order valence-electron chi connectivity index (χ3n) is 3.48. The van der Waals surface area contributed by atoms with E-state index in [-0.39, 0.29) is 23.5 Å². The zero-order valence-electron chi connectivity index (χ0n) is 13.0. The van der Waals surface area contributed by atoms with Crippen LogP contribution in [0.3, 0.4) is 0 Å². The number of nitrogens with one attached hydrogen (secondary N) is 1. The van der Waals surface area contributed by atoms with Gasteiger partial charge in [-0.25, -0.2) is 4.39 Å². The Morgan fingerprint density at radius 2 is 2.04 bits per heavy atom. The van der Waals surface area contributed by atoms with Crippen LogP contribution in [0.4, 0.5) is 4.39 Å². The lowest BCUT2D eigenvalue weighted by Crippen LogP contribution is -2.28. The minimum Gasteiger partial charge on any atom is -0.349 e. The molecule has 5 nitrogen and oxygen atoms in total. The molecule has 0 saturated carbocycles. The molecule has 1 aromatic carbocycles. The van der Waals surface area contributed by atoms with Gasteiger partial charge in [0, 0.05) is 6.20 Å². The Bertz CT molecular complexity index is 916. The second kappa shape index (κ2) is 7.59. The number of carbonyl (C=O) groups excluding carboxylic acids is 1. The lowest BCUT2D eigenvalue weighted by Gasteiger charge is -2.14. The molecule has 0 bridgehead atoms. The van der Waals surface area contributed by atoms with Gasteiger partial charge in [0.2, 0.25) is 5.91 Å². The average Bonchev–Trinajstić information content (AvgIpc) is 2.96. The summed E-state index contributed by atoms with van der Waals surface area (Å²) in [6.07, 6.45) is 1.64. The number of halogens is 3. The Kier molecular flexibility index (Phi) is 5.46. The van der Waals surface area contributed by atoms with Crippen LogP contribution in [0.15, 0.2) is 41.7 Å². The van der Waals surface area contributed by atoms with Crippen LogP contribution < -0.4 is 5.32 Å². The van der Waals surface area contributed by atoms with E-state index < -0.39 is 0 Å². The number of nitrogens with zero attached hydrogens (tertiary/aromatic N) is 3. The molecule has 130 valence electrons. The van der Waals surface area contributed by atoms with Gasteiger partial charge in [0.1, 0.15) is 5.82 Å². The van der Waals surface area contributed by atoms with Crippen LogP contribution in [-0.4, -0.2) is 26.3 Å². The molecule has 9 heteroatoms. The summed E-state index contributed by atoms with van der Waals surface area (Å²) in [7, 11) is 0. The molecule has 25 heavy (non-hydrogen) atoms. The fraction of sp³-hybridized carbons (Fsp3) is 0.188. The highest BCUT2D eigenvalue weighted by Crippen LogP contribution is 2.25. The van der Waals surface area contributed by atoms with E-state index in [0.29, 0.717) is 20.8 Å². The highest BCUT2D eigenvalue weighted by atomic mass is 35.5. The quantitative estimate of drug-likeness (QED) is 0.655. The number of rotatable bonds is 5. The van der Waals surface area contributed by atoms with Crippen molar-refractivity contribution in [3.8, 4) is 0 Å². The summed E-state index contributed by atoms with van der Waals surface area (Å²) in [5, 5.41) is 12.2. The molecule has 0 saturated heterocycles. The summed E-state index contributed by atoms with van der Waals surface area (Å²) in [5.74, 6) is -0.336. The normalized spacial score (nSPS) is 12.3. The van der Waals surface area contributed by atoms with Crippen molar-refractivity contribution in [1.29, 1.82) is 0 Å². The lowest BCUT2D eigenvalue weighted by atomic mass is 10.1. The molecule has 0 spiro atoms. The molecule has 1 amide bonds. The van der Waals surface area contributed by atoms with E-state index in [2.05, 4.69) is 15.5 Å². The maximum absolute atomic E-state index is 13.0. The van der Waals surface area contributed by atoms with E-state index >= 15 is 0 Å². The second-order valence-electron chi connectivity index (χ2n) is 5.31. The number of hydrogen-bond donors (Lipinski definition) is 1. The van der Waals surface area contributed by atoms with Crippen LogP contribution in [0, 0.1) is 5.82 Å². The molecule has 0 fully saturated rings. The van der Waals surface area contributed by atoms with Crippen LogP contribution in [0.2, 0.25) is 10.0 Å². The fourth-order valence-corrected chi connectivity index (χ4v) is 3.48. The lowest BCUT2D eigenvalue weighted by molar-refractivity contribution is -0.119. The van der Waals surface area contributed by atoms with Crippen molar-refractivity contribution in [1.82, 2.24) is 19.9 Å². The average molecular weight is 399 g/mol. The Balaban J connectivity index is 1.63. The first-order valence-corrected chi connectivity index (χ1v) is 9.05. The number of hydrogen-bond acceptors (Lipinski definition) is 4. The van der Waals surface area contributed by atoms with Gasteiger partial charge in [-0.2, -0.15) is 0 Å². The zero-order chi connectivity index (χ0) is 18.0. The van der Waals surface area contributed by atoms with Crippen LogP contribution in [-0.2, 0) is 4.79 Å². The third kappa shape index (κ3) is 4.23. The Morgan fingerprint density at radius 1 is 1.32 bits per heavy atom. The number of carbonyl (C=O) groups is 1. The summed E-state index contributed by atoms with van der Waals surface area (Å²) in [5.41, 5.74) is 1.31. The monoisotopic (exact) mass is 398 g/mol. The Labute approximate surface area is 157 Å². The molecule has 2 aromatic heterocycles. The van der Waals surface area contributed by atoms with Gasteiger partial charge < -0.3 is 5.32 Å². The van der Waals surface area contributed by atoms with Gasteiger partial charge >= 0.3 is 0 Å². The van der Waals surface area contributed by atoms with Crippen molar-refractivity contribution < 1.29 is 9.18 Å². The minimum atomic E-state index is -0.311. The van der Waals surface area contributed by atoms with Crippen LogP contribution in [0.5, 0.6) is 0 Å². The van der Waals surface area contributed by atoms with Crippen molar-refractivity contribution in [3.63, 3.8) is 0 Å². The number of amides is 1.